The maximum absolute atomic E-state index is 14.4. The number of nitrogens with zero attached hydrogens (tertiary/aromatic N) is 1. The number of halogens is 1. The average molecular weight is 472 g/mol. The van der Waals surface area contributed by atoms with Crippen LogP contribution >= 0.6 is 0 Å². The van der Waals surface area contributed by atoms with Crippen LogP contribution in [0.1, 0.15) is 11.3 Å². The molecule has 0 spiro atoms. The molecule has 0 atom stereocenters. The molecule has 172 valence electrons. The number of H-pyrrole nitrogens is 1. The highest BCUT2D eigenvalue weighted by atomic mass is 32.2. The van der Waals surface area contributed by atoms with Crippen LogP contribution in [-0.4, -0.2) is 31.9 Å². The van der Waals surface area contributed by atoms with E-state index in [1.807, 2.05) is 0 Å². The third-order valence-electron chi connectivity index (χ3n) is 5.14. The fourth-order valence-corrected chi connectivity index (χ4v) is 4.93. The van der Waals surface area contributed by atoms with Crippen LogP contribution in [0.3, 0.4) is 0 Å². The Kier molecular flexibility index (Phi) is 6.21. The topological polar surface area (TPSA) is 102 Å². The SMILES string of the molecule is COc1cc2cc(CN(Cc3ccco3)S(=O)(=O)c3ccccc3F)c(=O)[nH]c2cc1OC. The molecule has 33 heavy (non-hydrogen) atoms. The van der Waals surface area contributed by atoms with E-state index in [9.17, 15) is 17.6 Å². The number of fused-ring (bicyclic) bond motifs is 1. The smallest absolute Gasteiger partial charge is 0.252 e. The molecule has 4 aromatic rings. The van der Waals surface area contributed by atoms with Gasteiger partial charge in [-0.05, 0) is 36.4 Å². The highest BCUT2D eigenvalue weighted by Crippen LogP contribution is 2.31. The number of methoxy groups -OCH3 is 2. The molecule has 0 aliphatic carbocycles. The van der Waals surface area contributed by atoms with Crippen molar-refractivity contribution in [3.8, 4) is 11.5 Å². The van der Waals surface area contributed by atoms with Crippen LogP contribution in [0.4, 0.5) is 4.39 Å². The number of rotatable bonds is 8. The van der Waals surface area contributed by atoms with E-state index in [0.29, 0.717) is 28.2 Å². The molecule has 0 saturated heterocycles. The lowest BCUT2D eigenvalue weighted by molar-refractivity contribution is 0.355. The van der Waals surface area contributed by atoms with E-state index in [1.165, 1.54) is 38.7 Å². The zero-order valence-electron chi connectivity index (χ0n) is 17.9. The largest absolute Gasteiger partial charge is 0.493 e. The van der Waals surface area contributed by atoms with Gasteiger partial charge in [-0.15, -0.1) is 0 Å². The van der Waals surface area contributed by atoms with Gasteiger partial charge in [0, 0.05) is 23.6 Å². The van der Waals surface area contributed by atoms with Crippen LogP contribution in [0.15, 0.2) is 75.0 Å². The van der Waals surface area contributed by atoms with Gasteiger partial charge in [-0.1, -0.05) is 12.1 Å². The number of pyridine rings is 1. The van der Waals surface area contributed by atoms with Crippen molar-refractivity contribution in [2.24, 2.45) is 0 Å². The monoisotopic (exact) mass is 472 g/mol. The summed E-state index contributed by atoms with van der Waals surface area (Å²) >= 11 is 0. The summed E-state index contributed by atoms with van der Waals surface area (Å²) < 4.78 is 57.9. The Bertz CT molecular complexity index is 1450. The predicted octanol–water partition coefficient (Wildman–Crippen LogP) is 3.67. The van der Waals surface area contributed by atoms with Gasteiger partial charge in [0.15, 0.2) is 11.5 Å². The molecule has 8 nitrogen and oxygen atoms in total. The Morgan fingerprint density at radius 2 is 1.73 bits per heavy atom. The summed E-state index contributed by atoms with van der Waals surface area (Å²) in [6.45, 7) is -0.496. The molecule has 4 rings (SSSR count). The van der Waals surface area contributed by atoms with Gasteiger partial charge >= 0.3 is 0 Å². The molecule has 0 radical (unpaired) electrons. The number of sulfonamides is 1. The predicted molar refractivity (Wildman–Crippen MR) is 119 cm³/mol. The highest BCUT2D eigenvalue weighted by Gasteiger charge is 2.29. The third kappa shape index (κ3) is 4.48. The van der Waals surface area contributed by atoms with Crippen LogP contribution < -0.4 is 15.0 Å². The second-order valence-electron chi connectivity index (χ2n) is 7.20. The second kappa shape index (κ2) is 9.08. The summed E-state index contributed by atoms with van der Waals surface area (Å²) in [7, 11) is -1.33. The van der Waals surface area contributed by atoms with E-state index in [0.717, 1.165) is 10.4 Å². The Morgan fingerprint density at radius 1 is 1.00 bits per heavy atom. The van der Waals surface area contributed by atoms with Gasteiger partial charge in [-0.2, -0.15) is 4.31 Å². The van der Waals surface area contributed by atoms with Crippen LogP contribution in [-0.2, 0) is 23.1 Å². The zero-order valence-corrected chi connectivity index (χ0v) is 18.7. The van der Waals surface area contributed by atoms with Gasteiger partial charge in [0.1, 0.15) is 16.5 Å². The Morgan fingerprint density at radius 3 is 2.39 bits per heavy atom. The number of hydrogen-bond donors (Lipinski definition) is 1. The summed E-state index contributed by atoms with van der Waals surface area (Å²) in [4.78, 5) is 15.1. The van der Waals surface area contributed by atoms with Crippen molar-refractivity contribution in [1.82, 2.24) is 9.29 Å². The lowest BCUT2D eigenvalue weighted by Crippen LogP contribution is -2.33. The van der Waals surface area contributed by atoms with Gasteiger partial charge < -0.3 is 18.9 Å². The van der Waals surface area contributed by atoms with Crippen molar-refractivity contribution < 1.29 is 26.7 Å². The van der Waals surface area contributed by atoms with E-state index in [2.05, 4.69) is 4.98 Å². The molecule has 0 aliphatic heterocycles. The molecular formula is C23H21FN2O6S. The molecule has 2 aromatic heterocycles. The van der Waals surface area contributed by atoms with Gasteiger partial charge in [-0.3, -0.25) is 4.79 Å². The van der Waals surface area contributed by atoms with Gasteiger partial charge in [0.05, 0.1) is 32.5 Å². The van der Waals surface area contributed by atoms with Gasteiger partial charge in [-0.25, -0.2) is 12.8 Å². The lowest BCUT2D eigenvalue weighted by atomic mass is 10.1. The van der Waals surface area contributed by atoms with E-state index in [4.69, 9.17) is 13.9 Å². The first-order chi connectivity index (χ1) is 15.8. The number of ether oxygens (including phenoxy) is 2. The molecular weight excluding hydrogens is 451 g/mol. The molecule has 2 aromatic carbocycles. The summed E-state index contributed by atoms with van der Waals surface area (Å²) in [6.07, 6.45) is 1.41. The third-order valence-corrected chi connectivity index (χ3v) is 6.96. The number of benzene rings is 2. The van der Waals surface area contributed by atoms with Crippen molar-refractivity contribution in [3.05, 3.63) is 88.4 Å². The standard InChI is InChI=1S/C23H21FN2O6S/c1-30-20-11-15-10-16(23(27)25-19(15)12-21(20)31-2)13-26(14-17-6-5-9-32-17)33(28,29)22-8-4-3-7-18(22)24/h3-12H,13-14H2,1-2H3,(H,25,27). The number of hydrogen-bond acceptors (Lipinski definition) is 6. The highest BCUT2D eigenvalue weighted by molar-refractivity contribution is 7.89. The minimum absolute atomic E-state index is 0.168. The molecule has 0 unspecified atom stereocenters. The minimum atomic E-state index is -4.30. The Hall–Kier alpha value is -3.63. The van der Waals surface area contributed by atoms with Crippen LogP contribution in [0.25, 0.3) is 10.9 Å². The maximum Gasteiger partial charge on any atom is 0.252 e. The first kappa shape index (κ1) is 22.6. The normalized spacial score (nSPS) is 11.8. The summed E-state index contributed by atoms with van der Waals surface area (Å²) in [5.74, 6) is 0.356. The van der Waals surface area contributed by atoms with Crippen molar-refractivity contribution in [1.29, 1.82) is 0 Å². The van der Waals surface area contributed by atoms with Gasteiger partial charge in [0.25, 0.3) is 5.56 Å². The van der Waals surface area contributed by atoms with E-state index in [-0.39, 0.29) is 18.7 Å². The van der Waals surface area contributed by atoms with Crippen molar-refractivity contribution in [2.45, 2.75) is 18.0 Å². The molecule has 1 N–H and O–H groups in total. The van der Waals surface area contributed by atoms with Gasteiger partial charge in [0.2, 0.25) is 10.0 Å². The summed E-state index contributed by atoms with van der Waals surface area (Å²) in [5.41, 5.74) is 0.181. The number of aromatic amines is 1. The first-order valence-electron chi connectivity index (χ1n) is 9.88. The average Bonchev–Trinajstić information content (AvgIpc) is 3.31. The summed E-state index contributed by atoms with van der Waals surface area (Å²) in [5, 5.41) is 0.614. The molecule has 0 aliphatic rings. The second-order valence-corrected chi connectivity index (χ2v) is 9.11. The van der Waals surface area contributed by atoms with Crippen molar-refractivity contribution in [2.75, 3.05) is 14.2 Å². The van der Waals surface area contributed by atoms with Crippen molar-refractivity contribution in [3.63, 3.8) is 0 Å². The minimum Gasteiger partial charge on any atom is -0.493 e. The molecule has 10 heteroatoms. The van der Waals surface area contributed by atoms with E-state index < -0.39 is 26.3 Å². The summed E-state index contributed by atoms with van der Waals surface area (Å²) in [6, 6.07) is 13.2. The number of aromatic nitrogens is 1. The number of nitrogens with one attached hydrogen (secondary N) is 1. The quantitative estimate of drug-likeness (QED) is 0.420. The Balaban J connectivity index is 1.79. The Labute approximate surface area is 189 Å². The van der Waals surface area contributed by atoms with Crippen LogP contribution in [0.5, 0.6) is 11.5 Å². The zero-order chi connectivity index (χ0) is 23.6. The lowest BCUT2D eigenvalue weighted by Gasteiger charge is -2.21. The molecule has 0 fully saturated rings. The molecule has 0 saturated carbocycles. The molecule has 0 bridgehead atoms. The maximum atomic E-state index is 14.4. The number of furan rings is 1. The van der Waals surface area contributed by atoms with E-state index in [1.54, 1.807) is 30.3 Å². The van der Waals surface area contributed by atoms with Crippen molar-refractivity contribution >= 4 is 20.9 Å². The van der Waals surface area contributed by atoms with Crippen LogP contribution in [0, 0.1) is 5.82 Å². The van der Waals surface area contributed by atoms with E-state index >= 15 is 0 Å². The first-order valence-corrected chi connectivity index (χ1v) is 11.3. The fraction of sp³-hybridized carbons (Fsp3) is 0.174. The molecule has 2 heterocycles. The fourth-order valence-electron chi connectivity index (χ4n) is 3.48. The molecule has 0 amide bonds. The van der Waals surface area contributed by atoms with Crippen LogP contribution in [0.2, 0.25) is 0 Å².